The molecule has 0 spiro atoms. The van der Waals surface area contributed by atoms with E-state index in [1.807, 2.05) is 0 Å². The minimum Gasteiger partial charge on any atom is -0.508 e. The van der Waals surface area contributed by atoms with Gasteiger partial charge in [0.1, 0.15) is 90.3 Å². The van der Waals surface area contributed by atoms with Crippen molar-refractivity contribution in [2.45, 2.75) is 263 Å². The Balaban J connectivity index is 0.0000186. The third kappa shape index (κ3) is 40.1. The minimum absolute atomic E-state index is 0.0332. The first-order valence-electron chi connectivity index (χ1n) is 37.1. The number of carbonyl (C=O) groups is 20. The molecule has 0 fully saturated rings. The van der Waals surface area contributed by atoms with Gasteiger partial charge in [0.25, 0.3) is 0 Å². The summed E-state index contributed by atoms with van der Waals surface area (Å²) in [5.74, 6) is -29.2. The molecule has 664 valence electrons. The molecule has 1 aromatic carbocycles. The number of aliphatic hydroxyl groups is 2. The van der Waals surface area contributed by atoms with E-state index in [1.54, 1.807) is 41.5 Å². The Labute approximate surface area is 674 Å². The summed E-state index contributed by atoms with van der Waals surface area (Å²) < 4.78 is 31.7. The fourth-order valence-electron chi connectivity index (χ4n) is 10.5. The van der Waals surface area contributed by atoms with Crippen LogP contribution in [0, 0.1) is 23.7 Å². The summed E-state index contributed by atoms with van der Waals surface area (Å²) in [5.41, 5.74) is 16.9. The molecule has 0 aliphatic heterocycles. The van der Waals surface area contributed by atoms with Gasteiger partial charge in [0.15, 0.2) is 0 Å². The zero-order chi connectivity index (χ0) is 91.3. The molecule has 1 aromatic rings. The second-order valence-corrected chi connectivity index (χ2v) is 28.8. The van der Waals surface area contributed by atoms with Gasteiger partial charge in [-0.3, -0.25) is 86.3 Å². The third-order valence-electron chi connectivity index (χ3n) is 17.5. The van der Waals surface area contributed by atoms with Crippen LogP contribution in [0.4, 0.5) is 13.2 Å². The first-order valence-corrected chi connectivity index (χ1v) is 37.1. The number of phenols is 1. The standard InChI is InChI=1S/C69H110N16O26.C2HF3O2/c1-13-31(7)53(66(107)80-41(23-29(3)4)61(102)82-46(69(110)111)25-37-15-17-38(88)18-16-37)83-59(100)40(20-22-50(93)94)75-58(99)39(19-21-49(91)92)76-68(109)55(36(12)87)85-57(98)34(10)73-60(101)43(26-47(70)89)78-62(103)44(27-48(71)90)79-63(104)45(28-51(95)96)81-67(108)54(32(8)14-2)84-64(105)42(24-30(5)6)77-56(97)33(9)74-65(106)52(72)35(11)86;3-2(4,5)1(6)7/h15-18,29-36,39-46,52-55,86-88H,13-14,19-28,72H2,1-12H3,(H2,70,89)(H2,71,90)(H,73,101)(H,74,106)(H,75,99)(H,76,109)(H,77,97)(H,78,103)(H,79,104)(H,80,107)(H,81,108)(H,82,102)(H,83,100)(H,84,105)(H,85,98)(H,91,92)(H,93,94)(H,95,96)(H,110,111);(H,6,7)/t31-,32-,33+,34-,35+,36+,39-,40-,41-,42-,43-,44-,45-,46-,52-,53-,54-,55-;/m0./s1. The topological polar surface area (TPSA) is 738 Å². The molecule has 0 radical (unpaired) electrons. The van der Waals surface area contributed by atoms with Crippen molar-refractivity contribution in [3.63, 3.8) is 0 Å². The number of hydrogen-bond acceptors (Lipinski definition) is 24. The maximum atomic E-state index is 14.2. The summed E-state index contributed by atoms with van der Waals surface area (Å²) >= 11 is 0. The fourth-order valence-corrected chi connectivity index (χ4v) is 10.5. The van der Waals surface area contributed by atoms with Crippen molar-refractivity contribution in [2.75, 3.05) is 0 Å². The van der Waals surface area contributed by atoms with Crippen LogP contribution in [0.2, 0.25) is 0 Å². The number of primary amides is 2. The van der Waals surface area contributed by atoms with E-state index < -0.39 is 278 Å². The predicted molar refractivity (Wildman–Crippen MR) is 402 cm³/mol. The molecule has 0 aromatic heterocycles. The molecular formula is C71H111F3N16O28. The molecule has 44 nitrogen and oxygen atoms in total. The van der Waals surface area contributed by atoms with Crippen molar-refractivity contribution in [3.8, 4) is 5.75 Å². The monoisotopic (exact) mass is 1690 g/mol. The molecule has 118 heavy (non-hydrogen) atoms. The Bertz CT molecular complexity index is 3700. The number of aromatic hydroxyl groups is 1. The average Bonchev–Trinajstić information content (AvgIpc) is 0.762. The number of halogens is 3. The van der Waals surface area contributed by atoms with Crippen LogP contribution in [0.25, 0.3) is 0 Å². The van der Waals surface area contributed by atoms with E-state index in [0.29, 0.717) is 5.56 Å². The Morgan fingerprint density at radius 2 is 0.669 bits per heavy atom. The summed E-state index contributed by atoms with van der Waals surface area (Å²) in [6.07, 6.45) is -14.9. The number of alkyl halides is 3. The Morgan fingerprint density at radius 1 is 0.373 bits per heavy atom. The summed E-state index contributed by atoms with van der Waals surface area (Å²) in [5, 5.41) is 106. The van der Waals surface area contributed by atoms with Crippen LogP contribution >= 0.6 is 0 Å². The molecule has 18 atom stereocenters. The highest BCUT2D eigenvalue weighted by molar-refractivity contribution is 6.02. The second kappa shape index (κ2) is 51.2. The number of aliphatic hydroxyl groups excluding tert-OH is 2. The van der Waals surface area contributed by atoms with Crippen LogP contribution < -0.4 is 86.3 Å². The number of hydrogen-bond donors (Lipinski definition) is 24. The van der Waals surface area contributed by atoms with Crippen LogP contribution in [0.15, 0.2) is 24.3 Å². The molecule has 1 rings (SSSR count). The maximum Gasteiger partial charge on any atom is 0.490 e. The molecule has 0 aliphatic rings. The molecule has 0 bridgehead atoms. The van der Waals surface area contributed by atoms with Crippen molar-refractivity contribution < 1.29 is 150 Å². The quantitative estimate of drug-likeness (QED) is 0.0289. The number of nitrogens with two attached hydrogens (primary N) is 3. The number of phenolic OH excluding ortho intramolecular Hbond substituents is 1. The first kappa shape index (κ1) is 106. The van der Waals surface area contributed by atoms with Crippen LogP contribution in [0.1, 0.15) is 159 Å². The number of rotatable bonds is 51. The SMILES string of the molecule is CC[C@H](C)[C@H](NC(=O)[C@H](CCC(=O)O)NC(=O)[C@H](CCC(=O)O)NC(=O)[C@@H](NC(=O)[C@H](C)NC(=O)[C@H](CC(N)=O)NC(=O)[C@H](CC(N)=O)NC(=O)[C@H](CC(=O)O)NC(=O)[C@@H](NC(=O)[C@H](CC(C)C)NC(=O)[C@@H](C)NC(=O)[C@@H](N)[C@@H](C)O)[C@@H](C)CC)[C@@H](C)O)C(=O)N[C@@H](CC(C)C)C(=O)N[C@@H](Cc1ccc(O)cc1)C(=O)O.O=C(O)C(F)(F)F. The van der Waals surface area contributed by atoms with Gasteiger partial charge in [-0.05, 0) is 94.7 Å². The number of carbonyl (C=O) groups excluding carboxylic acids is 15. The highest BCUT2D eigenvalue weighted by atomic mass is 19.4. The van der Waals surface area contributed by atoms with Crippen LogP contribution in [0.3, 0.4) is 0 Å². The molecular weight excluding hydrogens is 1580 g/mol. The summed E-state index contributed by atoms with van der Waals surface area (Å²) in [6.45, 7) is 17.5. The maximum absolute atomic E-state index is 14.2. The normalized spacial score (nSPS) is 15.8. The summed E-state index contributed by atoms with van der Waals surface area (Å²) in [6, 6.07) is -18.8. The number of nitrogens with one attached hydrogen (secondary N) is 13. The van der Waals surface area contributed by atoms with Gasteiger partial charge in [-0.25, -0.2) is 9.59 Å². The molecule has 0 aliphatic carbocycles. The summed E-state index contributed by atoms with van der Waals surface area (Å²) in [7, 11) is 0. The lowest BCUT2D eigenvalue weighted by Crippen LogP contribution is -2.62. The van der Waals surface area contributed by atoms with Gasteiger partial charge in [-0.2, -0.15) is 13.2 Å². The zero-order valence-corrected chi connectivity index (χ0v) is 67.0. The van der Waals surface area contributed by atoms with Gasteiger partial charge in [0, 0.05) is 19.3 Å². The van der Waals surface area contributed by atoms with Crippen molar-refractivity contribution in [1.29, 1.82) is 0 Å². The predicted octanol–water partition coefficient (Wildman–Crippen LogP) is -5.78. The van der Waals surface area contributed by atoms with Gasteiger partial charge in [0.05, 0.1) is 31.5 Å². The molecule has 15 amide bonds. The number of benzene rings is 1. The number of aliphatic carboxylic acids is 5. The highest BCUT2D eigenvalue weighted by Gasteiger charge is 2.42. The van der Waals surface area contributed by atoms with Crippen molar-refractivity contribution >= 4 is 118 Å². The van der Waals surface area contributed by atoms with E-state index >= 15 is 0 Å². The van der Waals surface area contributed by atoms with Crippen molar-refractivity contribution in [2.24, 2.45) is 40.9 Å². The van der Waals surface area contributed by atoms with E-state index in [1.165, 1.54) is 52.0 Å². The van der Waals surface area contributed by atoms with Crippen LogP contribution in [0.5, 0.6) is 5.75 Å². The second-order valence-electron chi connectivity index (χ2n) is 28.8. The lowest BCUT2D eigenvalue weighted by atomic mass is 9.96. The van der Waals surface area contributed by atoms with E-state index in [0.717, 1.165) is 13.8 Å². The molecule has 0 heterocycles. The lowest BCUT2D eigenvalue weighted by Gasteiger charge is -2.30. The molecule has 0 saturated heterocycles. The van der Waals surface area contributed by atoms with Gasteiger partial charge in [-0.1, -0.05) is 80.4 Å². The fraction of sp³-hybridized carbons (Fsp3) is 0.634. The smallest absolute Gasteiger partial charge is 0.490 e. The first-order chi connectivity index (χ1) is 54.5. The van der Waals surface area contributed by atoms with Gasteiger partial charge >= 0.3 is 36.0 Å². The number of carboxylic acids is 5. The van der Waals surface area contributed by atoms with Gasteiger partial charge < -0.3 is 127 Å². The van der Waals surface area contributed by atoms with Crippen LogP contribution in [-0.4, -0.2) is 262 Å². The third-order valence-corrected chi connectivity index (χ3v) is 17.5. The summed E-state index contributed by atoms with van der Waals surface area (Å²) in [4.78, 5) is 262. The van der Waals surface area contributed by atoms with E-state index in [-0.39, 0.29) is 49.7 Å². The van der Waals surface area contributed by atoms with Crippen molar-refractivity contribution in [3.05, 3.63) is 29.8 Å². The average molecular weight is 1690 g/mol. The Hall–Kier alpha value is -11.9. The van der Waals surface area contributed by atoms with Crippen molar-refractivity contribution in [1.82, 2.24) is 69.1 Å². The molecule has 47 heteroatoms. The minimum atomic E-state index is -5.08. The number of carboxylic acid groups (broad SMARTS) is 5. The Morgan fingerprint density at radius 3 is 1.03 bits per heavy atom. The van der Waals surface area contributed by atoms with Gasteiger partial charge in [-0.15, -0.1) is 0 Å². The molecule has 27 N–H and O–H groups in total. The lowest BCUT2D eigenvalue weighted by molar-refractivity contribution is -0.192. The largest absolute Gasteiger partial charge is 0.508 e. The molecule has 0 saturated carbocycles. The molecule has 0 unspecified atom stereocenters. The zero-order valence-electron chi connectivity index (χ0n) is 67.0. The number of amides is 15. The highest BCUT2D eigenvalue weighted by Crippen LogP contribution is 2.18. The van der Waals surface area contributed by atoms with Gasteiger partial charge in [0.2, 0.25) is 88.6 Å². The van der Waals surface area contributed by atoms with E-state index in [4.69, 9.17) is 27.1 Å². The van der Waals surface area contributed by atoms with E-state index in [2.05, 4.69) is 69.1 Å². The van der Waals surface area contributed by atoms with E-state index in [9.17, 15) is 140 Å². The Kier molecular flexibility index (Phi) is 46.1. The van der Waals surface area contributed by atoms with Crippen LogP contribution in [-0.2, 0) is 102 Å².